The largest absolute Gasteiger partial charge is 0.459 e. The van der Waals surface area contributed by atoms with Crippen LogP contribution in [0.25, 0.3) is 0 Å². The van der Waals surface area contributed by atoms with Crippen LogP contribution in [0.3, 0.4) is 0 Å². The zero-order chi connectivity index (χ0) is 20.6. The Hall–Kier alpha value is -3.19. The second kappa shape index (κ2) is 9.84. The van der Waals surface area contributed by atoms with Crippen molar-refractivity contribution in [3.63, 3.8) is 0 Å². The Bertz CT molecular complexity index is 955. The number of carbonyl (C=O) groups excluding carboxylic acids is 2. The number of nitrogens with one attached hydrogen (secondary N) is 2. The normalized spacial score (nSPS) is 11.5. The zero-order valence-electron chi connectivity index (χ0n) is 16.3. The van der Waals surface area contributed by atoms with Gasteiger partial charge in [0.2, 0.25) is 5.91 Å². The highest BCUT2D eigenvalue weighted by Crippen LogP contribution is 2.22. The quantitative estimate of drug-likeness (QED) is 0.535. The number of ether oxygens (including phenoxy) is 1. The molecule has 0 aliphatic heterocycles. The molecule has 7 heteroatoms. The maximum atomic E-state index is 12.3. The predicted octanol–water partition coefficient (Wildman–Crippen LogP) is 4.51. The average Bonchev–Trinajstić information content (AvgIpc) is 3.15. The first kappa shape index (κ1) is 20.5. The van der Waals surface area contributed by atoms with Crippen molar-refractivity contribution in [3.8, 4) is 0 Å². The molecular formula is C22H23N3O3S. The SMILES string of the molecule is CC(=O)N[C@@H](CC(=O)OCc1csc(Nc2ccc(C)cc2)n1)c1ccccc1. The van der Waals surface area contributed by atoms with Crippen molar-refractivity contribution in [2.24, 2.45) is 0 Å². The summed E-state index contributed by atoms with van der Waals surface area (Å²) in [6, 6.07) is 17.0. The van der Waals surface area contributed by atoms with Crippen LogP contribution in [0.2, 0.25) is 0 Å². The Morgan fingerprint density at radius 1 is 1.10 bits per heavy atom. The number of anilines is 2. The van der Waals surface area contributed by atoms with Gasteiger partial charge >= 0.3 is 5.97 Å². The number of aromatic nitrogens is 1. The number of hydrogen-bond donors (Lipinski definition) is 2. The van der Waals surface area contributed by atoms with Gasteiger partial charge in [-0.3, -0.25) is 9.59 Å². The molecule has 6 nitrogen and oxygen atoms in total. The molecule has 0 radical (unpaired) electrons. The highest BCUT2D eigenvalue weighted by molar-refractivity contribution is 7.13. The molecule has 1 amide bonds. The lowest BCUT2D eigenvalue weighted by atomic mass is 10.0. The van der Waals surface area contributed by atoms with Crippen LogP contribution in [0.4, 0.5) is 10.8 Å². The van der Waals surface area contributed by atoms with Gasteiger partial charge in [-0.15, -0.1) is 11.3 Å². The number of thiazole rings is 1. The zero-order valence-corrected chi connectivity index (χ0v) is 17.2. The first-order valence-corrected chi connectivity index (χ1v) is 10.1. The highest BCUT2D eigenvalue weighted by Gasteiger charge is 2.18. The van der Waals surface area contributed by atoms with Crippen molar-refractivity contribution in [2.45, 2.75) is 32.9 Å². The Morgan fingerprint density at radius 2 is 1.83 bits per heavy atom. The third kappa shape index (κ3) is 6.43. The monoisotopic (exact) mass is 409 g/mol. The summed E-state index contributed by atoms with van der Waals surface area (Å²) in [5, 5.41) is 8.62. The average molecular weight is 410 g/mol. The van der Waals surface area contributed by atoms with E-state index >= 15 is 0 Å². The van der Waals surface area contributed by atoms with Crippen LogP contribution in [-0.2, 0) is 20.9 Å². The van der Waals surface area contributed by atoms with Gasteiger partial charge < -0.3 is 15.4 Å². The molecule has 0 fully saturated rings. The predicted molar refractivity (Wildman–Crippen MR) is 114 cm³/mol. The molecule has 0 aliphatic rings. The molecule has 2 N–H and O–H groups in total. The molecule has 1 atom stereocenters. The molecule has 150 valence electrons. The number of esters is 1. The van der Waals surface area contributed by atoms with Gasteiger partial charge in [0.1, 0.15) is 6.61 Å². The summed E-state index contributed by atoms with van der Waals surface area (Å²) < 4.78 is 5.37. The Kier molecular flexibility index (Phi) is 6.97. The van der Waals surface area contributed by atoms with Crippen LogP contribution in [-0.4, -0.2) is 16.9 Å². The maximum absolute atomic E-state index is 12.3. The fraction of sp³-hybridized carbons (Fsp3) is 0.227. The molecule has 0 bridgehead atoms. The fourth-order valence-electron chi connectivity index (χ4n) is 2.75. The summed E-state index contributed by atoms with van der Waals surface area (Å²) in [6.45, 7) is 3.56. The second-order valence-corrected chi connectivity index (χ2v) is 7.52. The molecule has 2 aromatic carbocycles. The van der Waals surface area contributed by atoms with Crippen LogP contribution in [0.5, 0.6) is 0 Å². The summed E-state index contributed by atoms with van der Waals surface area (Å²) in [7, 11) is 0. The van der Waals surface area contributed by atoms with Gasteiger partial charge in [-0.1, -0.05) is 48.0 Å². The van der Waals surface area contributed by atoms with E-state index in [1.807, 2.05) is 66.9 Å². The number of rotatable bonds is 8. The molecular weight excluding hydrogens is 386 g/mol. The maximum Gasteiger partial charge on any atom is 0.308 e. The number of amides is 1. The van der Waals surface area contributed by atoms with Gasteiger partial charge in [0.15, 0.2) is 5.13 Å². The molecule has 0 spiro atoms. The number of nitrogens with zero attached hydrogens (tertiary/aromatic N) is 1. The first-order chi connectivity index (χ1) is 14.0. The first-order valence-electron chi connectivity index (χ1n) is 9.25. The van der Waals surface area contributed by atoms with Gasteiger partial charge in [-0.05, 0) is 24.6 Å². The summed E-state index contributed by atoms with van der Waals surface area (Å²) in [4.78, 5) is 28.2. The Labute approximate surface area is 173 Å². The van der Waals surface area contributed by atoms with Crippen molar-refractivity contribution in [2.75, 3.05) is 5.32 Å². The molecule has 29 heavy (non-hydrogen) atoms. The van der Waals surface area contributed by atoms with Crippen molar-refractivity contribution in [1.29, 1.82) is 0 Å². The fourth-order valence-corrected chi connectivity index (χ4v) is 3.47. The van der Waals surface area contributed by atoms with Gasteiger partial charge in [0.05, 0.1) is 18.2 Å². The lowest BCUT2D eigenvalue weighted by Crippen LogP contribution is -2.28. The summed E-state index contributed by atoms with van der Waals surface area (Å²) in [5.41, 5.74) is 3.68. The van der Waals surface area contributed by atoms with Crippen molar-refractivity contribution in [1.82, 2.24) is 10.3 Å². The van der Waals surface area contributed by atoms with Gasteiger partial charge in [0.25, 0.3) is 0 Å². The molecule has 3 rings (SSSR count). The highest BCUT2D eigenvalue weighted by atomic mass is 32.1. The lowest BCUT2D eigenvalue weighted by molar-refractivity contribution is -0.145. The smallest absolute Gasteiger partial charge is 0.308 e. The third-order valence-electron chi connectivity index (χ3n) is 4.19. The van der Waals surface area contributed by atoms with E-state index in [1.54, 1.807) is 0 Å². The number of hydrogen-bond acceptors (Lipinski definition) is 6. The second-order valence-electron chi connectivity index (χ2n) is 6.66. The van der Waals surface area contributed by atoms with Crippen LogP contribution < -0.4 is 10.6 Å². The summed E-state index contributed by atoms with van der Waals surface area (Å²) >= 11 is 1.45. The Morgan fingerprint density at radius 3 is 2.52 bits per heavy atom. The lowest BCUT2D eigenvalue weighted by Gasteiger charge is -2.17. The Balaban J connectivity index is 1.53. The molecule has 0 saturated heterocycles. The van der Waals surface area contributed by atoms with E-state index in [4.69, 9.17) is 4.74 Å². The van der Waals surface area contributed by atoms with Crippen LogP contribution >= 0.6 is 11.3 Å². The van der Waals surface area contributed by atoms with Gasteiger partial charge in [-0.2, -0.15) is 0 Å². The third-order valence-corrected chi connectivity index (χ3v) is 4.99. The van der Waals surface area contributed by atoms with Crippen LogP contribution in [0.1, 0.15) is 36.2 Å². The van der Waals surface area contributed by atoms with Crippen molar-refractivity contribution in [3.05, 3.63) is 76.8 Å². The summed E-state index contributed by atoms with van der Waals surface area (Å²) in [6.07, 6.45) is 0.0577. The minimum Gasteiger partial charge on any atom is -0.459 e. The van der Waals surface area contributed by atoms with E-state index in [0.717, 1.165) is 16.4 Å². The van der Waals surface area contributed by atoms with Crippen LogP contribution in [0, 0.1) is 6.92 Å². The van der Waals surface area contributed by atoms with E-state index in [9.17, 15) is 9.59 Å². The summed E-state index contributed by atoms with van der Waals surface area (Å²) in [5.74, 6) is -0.591. The minimum atomic E-state index is -0.421. The van der Waals surface area contributed by atoms with E-state index < -0.39 is 12.0 Å². The number of benzene rings is 2. The molecule has 0 unspecified atom stereocenters. The molecule has 0 saturated carbocycles. The molecule has 0 aliphatic carbocycles. The molecule has 1 heterocycles. The van der Waals surface area contributed by atoms with Crippen LogP contribution in [0.15, 0.2) is 60.0 Å². The number of carbonyl (C=O) groups is 2. The van der Waals surface area contributed by atoms with E-state index in [1.165, 1.54) is 23.8 Å². The minimum absolute atomic E-state index is 0.0577. The van der Waals surface area contributed by atoms with Crippen molar-refractivity contribution >= 4 is 34.0 Å². The molecule has 1 aromatic heterocycles. The van der Waals surface area contributed by atoms with Crippen molar-refractivity contribution < 1.29 is 14.3 Å². The molecule has 3 aromatic rings. The van der Waals surface area contributed by atoms with Gasteiger partial charge in [-0.25, -0.2) is 4.98 Å². The topological polar surface area (TPSA) is 80.3 Å². The van der Waals surface area contributed by atoms with E-state index in [-0.39, 0.29) is 18.9 Å². The standard InChI is InChI=1S/C22H23N3O3S/c1-15-8-10-18(11-9-15)24-22-25-19(14-29-22)13-28-21(27)12-20(23-16(2)26)17-6-4-3-5-7-17/h3-11,14,20H,12-13H2,1-2H3,(H,23,26)(H,24,25)/t20-/m0/s1. The van der Waals surface area contributed by atoms with E-state index in [0.29, 0.717) is 5.69 Å². The number of aryl methyl sites for hydroxylation is 1. The van der Waals surface area contributed by atoms with Gasteiger partial charge in [0, 0.05) is 18.0 Å². The van der Waals surface area contributed by atoms with E-state index in [2.05, 4.69) is 15.6 Å².